The summed E-state index contributed by atoms with van der Waals surface area (Å²) in [5.74, 6) is -0.228. The molecule has 0 radical (unpaired) electrons. The number of carbonyl (C=O) groups excluding carboxylic acids is 1. The predicted molar refractivity (Wildman–Crippen MR) is 87.1 cm³/mol. The standard InChI is InChI=1S/C18H23NO5/c1-23-14-6-4-13(5-7-14)18(8-2-3-9-18)17(22)19-10-11-24-15(12-19)16(20)21/h4-7,15H,2-3,8-12H2,1H3,(H,20,21). The van der Waals surface area contributed by atoms with Crippen molar-refractivity contribution in [2.45, 2.75) is 37.2 Å². The summed E-state index contributed by atoms with van der Waals surface area (Å²) in [4.78, 5) is 26.1. The molecule has 1 aliphatic carbocycles. The third-order valence-electron chi connectivity index (χ3n) is 5.14. The van der Waals surface area contributed by atoms with Gasteiger partial charge in [0.2, 0.25) is 5.91 Å². The first-order valence-electron chi connectivity index (χ1n) is 8.35. The fourth-order valence-electron chi connectivity index (χ4n) is 3.80. The number of aliphatic carboxylic acids is 1. The number of hydrogen-bond donors (Lipinski definition) is 1. The van der Waals surface area contributed by atoms with Gasteiger partial charge in [0.15, 0.2) is 6.10 Å². The Morgan fingerprint density at radius 1 is 1.25 bits per heavy atom. The van der Waals surface area contributed by atoms with E-state index in [1.807, 2.05) is 24.3 Å². The molecule has 0 bridgehead atoms. The van der Waals surface area contributed by atoms with Crippen molar-refractivity contribution in [3.8, 4) is 5.75 Å². The summed E-state index contributed by atoms with van der Waals surface area (Å²) in [6.45, 7) is 0.827. The Morgan fingerprint density at radius 2 is 1.92 bits per heavy atom. The molecule has 0 spiro atoms. The van der Waals surface area contributed by atoms with Gasteiger partial charge >= 0.3 is 5.97 Å². The van der Waals surface area contributed by atoms with Gasteiger partial charge in [-0.25, -0.2) is 4.79 Å². The Kier molecular flexibility index (Phi) is 4.76. The van der Waals surface area contributed by atoms with E-state index in [1.54, 1.807) is 12.0 Å². The van der Waals surface area contributed by atoms with E-state index in [0.29, 0.717) is 6.54 Å². The van der Waals surface area contributed by atoms with Gasteiger partial charge in [0, 0.05) is 6.54 Å². The highest BCUT2D eigenvalue weighted by molar-refractivity contribution is 5.89. The van der Waals surface area contributed by atoms with Gasteiger partial charge in [-0.05, 0) is 30.5 Å². The van der Waals surface area contributed by atoms with Gasteiger partial charge < -0.3 is 19.5 Å². The molecule has 6 nitrogen and oxygen atoms in total. The van der Waals surface area contributed by atoms with Gasteiger partial charge in [0.1, 0.15) is 5.75 Å². The molecule has 1 unspecified atom stereocenters. The van der Waals surface area contributed by atoms with Crippen LogP contribution >= 0.6 is 0 Å². The number of morpholine rings is 1. The summed E-state index contributed by atoms with van der Waals surface area (Å²) in [5, 5.41) is 9.17. The Labute approximate surface area is 141 Å². The molecule has 1 saturated heterocycles. The van der Waals surface area contributed by atoms with Crippen LogP contribution < -0.4 is 4.74 Å². The third-order valence-corrected chi connectivity index (χ3v) is 5.14. The summed E-state index contributed by atoms with van der Waals surface area (Å²) in [6, 6.07) is 7.67. The maximum Gasteiger partial charge on any atom is 0.334 e. The number of carboxylic acids is 1. The molecule has 1 aromatic rings. The Balaban J connectivity index is 1.86. The van der Waals surface area contributed by atoms with Crippen molar-refractivity contribution < 1.29 is 24.2 Å². The van der Waals surface area contributed by atoms with Crippen molar-refractivity contribution in [1.29, 1.82) is 0 Å². The van der Waals surface area contributed by atoms with Crippen molar-refractivity contribution in [2.75, 3.05) is 26.8 Å². The highest BCUT2D eigenvalue weighted by Gasteiger charge is 2.46. The predicted octanol–water partition coefficient (Wildman–Crippen LogP) is 1.82. The van der Waals surface area contributed by atoms with E-state index >= 15 is 0 Å². The first kappa shape index (κ1) is 16.8. The molecular formula is C18H23NO5. The highest BCUT2D eigenvalue weighted by Crippen LogP contribution is 2.43. The van der Waals surface area contributed by atoms with Gasteiger partial charge in [0.25, 0.3) is 0 Å². The average Bonchev–Trinajstić information content (AvgIpc) is 3.12. The van der Waals surface area contributed by atoms with Crippen molar-refractivity contribution in [2.24, 2.45) is 0 Å². The molecule has 1 saturated carbocycles. The molecule has 3 rings (SSSR count). The van der Waals surface area contributed by atoms with E-state index in [-0.39, 0.29) is 19.1 Å². The van der Waals surface area contributed by atoms with Crippen LogP contribution in [0.25, 0.3) is 0 Å². The van der Waals surface area contributed by atoms with Gasteiger partial charge in [-0.1, -0.05) is 25.0 Å². The zero-order chi connectivity index (χ0) is 17.2. The second-order valence-electron chi connectivity index (χ2n) is 6.47. The molecule has 6 heteroatoms. The number of nitrogens with zero attached hydrogens (tertiary/aromatic N) is 1. The smallest absolute Gasteiger partial charge is 0.334 e. The maximum absolute atomic E-state index is 13.3. The fourth-order valence-corrected chi connectivity index (χ4v) is 3.80. The number of carbonyl (C=O) groups is 2. The minimum atomic E-state index is -1.02. The number of benzene rings is 1. The van der Waals surface area contributed by atoms with E-state index < -0.39 is 17.5 Å². The van der Waals surface area contributed by atoms with Crippen molar-refractivity contribution in [3.63, 3.8) is 0 Å². The SMILES string of the molecule is COc1ccc(C2(C(=O)N3CCOC(C(=O)O)C3)CCCC2)cc1. The van der Waals surface area contributed by atoms with E-state index in [9.17, 15) is 9.59 Å². The molecule has 1 aliphatic heterocycles. The Morgan fingerprint density at radius 3 is 2.50 bits per heavy atom. The number of carboxylic acid groups (broad SMARTS) is 1. The lowest BCUT2D eigenvalue weighted by atomic mass is 9.77. The zero-order valence-corrected chi connectivity index (χ0v) is 13.9. The fraction of sp³-hybridized carbons (Fsp3) is 0.556. The normalized spacial score (nSPS) is 23.0. The summed E-state index contributed by atoms with van der Waals surface area (Å²) >= 11 is 0. The minimum Gasteiger partial charge on any atom is -0.497 e. The van der Waals surface area contributed by atoms with Crippen LogP contribution in [0.2, 0.25) is 0 Å². The summed E-state index contributed by atoms with van der Waals surface area (Å²) in [6.07, 6.45) is 2.67. The lowest BCUT2D eigenvalue weighted by Gasteiger charge is -2.38. The quantitative estimate of drug-likeness (QED) is 0.909. The average molecular weight is 333 g/mol. The largest absolute Gasteiger partial charge is 0.497 e. The topological polar surface area (TPSA) is 76.1 Å². The zero-order valence-electron chi connectivity index (χ0n) is 13.9. The summed E-state index contributed by atoms with van der Waals surface area (Å²) in [7, 11) is 1.62. The molecule has 1 N–H and O–H groups in total. The molecule has 1 atom stereocenters. The van der Waals surface area contributed by atoms with Crippen LogP contribution in [-0.4, -0.2) is 54.8 Å². The molecule has 1 amide bonds. The number of ether oxygens (including phenoxy) is 2. The van der Waals surface area contributed by atoms with E-state index in [0.717, 1.165) is 37.0 Å². The van der Waals surface area contributed by atoms with Crippen LogP contribution in [0.4, 0.5) is 0 Å². The summed E-state index contributed by atoms with van der Waals surface area (Å²) < 4.78 is 10.4. The lowest BCUT2D eigenvalue weighted by Crippen LogP contribution is -2.54. The van der Waals surface area contributed by atoms with E-state index in [4.69, 9.17) is 14.6 Å². The third kappa shape index (κ3) is 2.98. The molecule has 1 heterocycles. The highest BCUT2D eigenvalue weighted by atomic mass is 16.5. The molecular weight excluding hydrogens is 310 g/mol. The second-order valence-corrected chi connectivity index (χ2v) is 6.47. The van der Waals surface area contributed by atoms with E-state index in [1.165, 1.54) is 0 Å². The van der Waals surface area contributed by atoms with Crippen LogP contribution in [0.3, 0.4) is 0 Å². The van der Waals surface area contributed by atoms with Crippen LogP contribution in [0.15, 0.2) is 24.3 Å². The van der Waals surface area contributed by atoms with Crippen LogP contribution in [0.5, 0.6) is 5.75 Å². The van der Waals surface area contributed by atoms with Crippen molar-refractivity contribution in [3.05, 3.63) is 29.8 Å². The van der Waals surface area contributed by atoms with E-state index in [2.05, 4.69) is 0 Å². The maximum atomic E-state index is 13.3. The van der Waals surface area contributed by atoms with Crippen molar-refractivity contribution in [1.82, 2.24) is 4.90 Å². The first-order chi connectivity index (χ1) is 11.6. The molecule has 1 aromatic carbocycles. The van der Waals surface area contributed by atoms with Gasteiger partial charge in [-0.15, -0.1) is 0 Å². The Hall–Kier alpha value is -2.08. The molecule has 0 aromatic heterocycles. The van der Waals surface area contributed by atoms with Crippen LogP contribution in [0, 0.1) is 0 Å². The Bertz CT molecular complexity index is 606. The van der Waals surface area contributed by atoms with Crippen LogP contribution in [0.1, 0.15) is 31.2 Å². The monoisotopic (exact) mass is 333 g/mol. The van der Waals surface area contributed by atoms with Gasteiger partial charge in [0.05, 0.1) is 25.7 Å². The molecule has 2 aliphatic rings. The van der Waals surface area contributed by atoms with Crippen LogP contribution in [-0.2, 0) is 19.7 Å². The molecule has 130 valence electrons. The molecule has 24 heavy (non-hydrogen) atoms. The molecule has 2 fully saturated rings. The lowest BCUT2D eigenvalue weighted by molar-refractivity contribution is -0.161. The number of methoxy groups -OCH3 is 1. The van der Waals surface area contributed by atoms with Crippen molar-refractivity contribution >= 4 is 11.9 Å². The number of amides is 1. The van der Waals surface area contributed by atoms with Gasteiger partial charge in [-0.2, -0.15) is 0 Å². The number of rotatable bonds is 4. The second kappa shape index (κ2) is 6.81. The van der Waals surface area contributed by atoms with Gasteiger partial charge in [-0.3, -0.25) is 4.79 Å². The summed E-state index contributed by atoms with van der Waals surface area (Å²) in [5.41, 5.74) is 0.441. The minimum absolute atomic E-state index is 0.0275. The first-order valence-corrected chi connectivity index (χ1v) is 8.35. The number of hydrogen-bond acceptors (Lipinski definition) is 4.